The molecule has 3 nitrogen and oxygen atoms in total. The average Bonchev–Trinajstić information content (AvgIpc) is 2.25. The van der Waals surface area contributed by atoms with Crippen LogP contribution < -0.4 is 5.32 Å². The summed E-state index contributed by atoms with van der Waals surface area (Å²) in [5.74, 6) is -0.278. The largest absolute Gasteiger partial charge is 0.466 e. The predicted molar refractivity (Wildman–Crippen MR) is 70.2 cm³/mol. The average molecular weight is 235 g/mol. The van der Waals surface area contributed by atoms with Crippen LogP contribution in [0.4, 0.5) is 5.69 Å². The van der Waals surface area contributed by atoms with Crippen molar-refractivity contribution in [2.24, 2.45) is 5.92 Å². The van der Waals surface area contributed by atoms with E-state index in [2.05, 4.69) is 37.4 Å². The third-order valence-electron chi connectivity index (χ3n) is 2.52. The number of carbonyl (C=O) groups is 1. The Kier molecular flexibility index (Phi) is 5.01. The molecule has 3 heteroatoms. The summed E-state index contributed by atoms with van der Waals surface area (Å²) in [6.07, 6.45) is 0. The first-order chi connectivity index (χ1) is 8.02. The standard InChI is InChI=1S/C14H21NO2/c1-5-17-14(16)12(4)9-15-13-7-10(2)6-11(3)8-13/h6-8,12,15H,5,9H2,1-4H3. The summed E-state index contributed by atoms with van der Waals surface area (Å²) in [6.45, 7) is 8.85. The van der Waals surface area contributed by atoms with Crippen molar-refractivity contribution in [2.75, 3.05) is 18.5 Å². The zero-order chi connectivity index (χ0) is 12.8. The number of anilines is 1. The second kappa shape index (κ2) is 6.28. The lowest BCUT2D eigenvalue weighted by atomic mass is 10.1. The number of hydrogen-bond donors (Lipinski definition) is 1. The van der Waals surface area contributed by atoms with Gasteiger partial charge in [-0.05, 0) is 44.0 Å². The Morgan fingerprint density at radius 1 is 1.29 bits per heavy atom. The van der Waals surface area contributed by atoms with E-state index < -0.39 is 0 Å². The van der Waals surface area contributed by atoms with Gasteiger partial charge in [-0.15, -0.1) is 0 Å². The summed E-state index contributed by atoms with van der Waals surface area (Å²) in [5, 5.41) is 3.26. The van der Waals surface area contributed by atoms with Gasteiger partial charge in [-0.2, -0.15) is 0 Å². The van der Waals surface area contributed by atoms with Gasteiger partial charge in [0.05, 0.1) is 12.5 Å². The molecule has 1 N–H and O–H groups in total. The van der Waals surface area contributed by atoms with Crippen LogP contribution in [0.15, 0.2) is 18.2 Å². The minimum atomic E-state index is -0.149. The topological polar surface area (TPSA) is 38.3 Å². The lowest BCUT2D eigenvalue weighted by Gasteiger charge is -2.13. The molecule has 0 spiro atoms. The molecule has 0 aliphatic rings. The van der Waals surface area contributed by atoms with E-state index >= 15 is 0 Å². The van der Waals surface area contributed by atoms with E-state index in [0.29, 0.717) is 13.2 Å². The quantitative estimate of drug-likeness (QED) is 0.797. The minimum Gasteiger partial charge on any atom is -0.466 e. The highest BCUT2D eigenvalue weighted by molar-refractivity contribution is 5.72. The van der Waals surface area contributed by atoms with Gasteiger partial charge in [-0.25, -0.2) is 0 Å². The van der Waals surface area contributed by atoms with Crippen LogP contribution in [0.3, 0.4) is 0 Å². The van der Waals surface area contributed by atoms with E-state index in [4.69, 9.17) is 4.74 Å². The molecule has 1 aromatic carbocycles. The lowest BCUT2D eigenvalue weighted by molar-refractivity contribution is -0.146. The molecule has 0 aromatic heterocycles. The highest BCUT2D eigenvalue weighted by Crippen LogP contribution is 2.14. The Morgan fingerprint density at radius 3 is 2.41 bits per heavy atom. The summed E-state index contributed by atoms with van der Waals surface area (Å²) in [5.41, 5.74) is 3.49. The fourth-order valence-electron chi connectivity index (χ4n) is 1.72. The van der Waals surface area contributed by atoms with Gasteiger partial charge in [0.1, 0.15) is 0 Å². The van der Waals surface area contributed by atoms with Gasteiger partial charge < -0.3 is 10.1 Å². The Morgan fingerprint density at radius 2 is 1.88 bits per heavy atom. The van der Waals surface area contributed by atoms with Crippen LogP contribution in [0.2, 0.25) is 0 Å². The molecule has 17 heavy (non-hydrogen) atoms. The first-order valence-corrected chi connectivity index (χ1v) is 6.01. The summed E-state index contributed by atoms with van der Waals surface area (Å²) in [4.78, 5) is 11.4. The van der Waals surface area contributed by atoms with Crippen LogP contribution in [-0.2, 0) is 9.53 Å². The summed E-state index contributed by atoms with van der Waals surface area (Å²) >= 11 is 0. The van der Waals surface area contributed by atoms with Crippen molar-refractivity contribution in [1.82, 2.24) is 0 Å². The molecule has 0 fully saturated rings. The number of nitrogens with one attached hydrogen (secondary N) is 1. The maximum absolute atomic E-state index is 11.4. The van der Waals surface area contributed by atoms with E-state index in [1.807, 2.05) is 13.8 Å². The van der Waals surface area contributed by atoms with Crippen LogP contribution in [0.25, 0.3) is 0 Å². The van der Waals surface area contributed by atoms with Crippen molar-refractivity contribution >= 4 is 11.7 Å². The Bertz CT molecular complexity index is 368. The molecule has 1 rings (SSSR count). The van der Waals surface area contributed by atoms with E-state index in [1.54, 1.807) is 0 Å². The van der Waals surface area contributed by atoms with Crippen LogP contribution in [0.5, 0.6) is 0 Å². The van der Waals surface area contributed by atoms with Gasteiger partial charge in [-0.1, -0.05) is 13.0 Å². The first-order valence-electron chi connectivity index (χ1n) is 6.01. The molecular formula is C14H21NO2. The Balaban J connectivity index is 2.52. The first kappa shape index (κ1) is 13.6. The Hall–Kier alpha value is -1.51. The van der Waals surface area contributed by atoms with Crippen LogP contribution in [0, 0.1) is 19.8 Å². The zero-order valence-electron chi connectivity index (χ0n) is 11.0. The summed E-state index contributed by atoms with van der Waals surface area (Å²) < 4.78 is 4.96. The second-order valence-electron chi connectivity index (χ2n) is 4.41. The number of ether oxygens (including phenoxy) is 1. The van der Waals surface area contributed by atoms with E-state index in [0.717, 1.165) is 5.69 Å². The second-order valence-corrected chi connectivity index (χ2v) is 4.41. The molecule has 94 valence electrons. The van der Waals surface area contributed by atoms with E-state index in [9.17, 15) is 4.79 Å². The molecule has 0 amide bonds. The van der Waals surface area contributed by atoms with Crippen molar-refractivity contribution in [1.29, 1.82) is 0 Å². The summed E-state index contributed by atoms with van der Waals surface area (Å²) in [7, 11) is 0. The fourth-order valence-corrected chi connectivity index (χ4v) is 1.72. The highest BCUT2D eigenvalue weighted by Gasteiger charge is 2.13. The number of benzene rings is 1. The predicted octanol–water partition coefficient (Wildman–Crippen LogP) is 2.91. The smallest absolute Gasteiger partial charge is 0.310 e. The number of carbonyl (C=O) groups excluding carboxylic acids is 1. The van der Waals surface area contributed by atoms with Crippen molar-refractivity contribution in [2.45, 2.75) is 27.7 Å². The van der Waals surface area contributed by atoms with Crippen molar-refractivity contribution in [3.63, 3.8) is 0 Å². The lowest BCUT2D eigenvalue weighted by Crippen LogP contribution is -2.22. The molecule has 0 saturated heterocycles. The third-order valence-corrected chi connectivity index (χ3v) is 2.52. The van der Waals surface area contributed by atoms with Gasteiger partial charge in [0.25, 0.3) is 0 Å². The van der Waals surface area contributed by atoms with Gasteiger partial charge >= 0.3 is 5.97 Å². The van der Waals surface area contributed by atoms with Crippen molar-refractivity contribution in [3.05, 3.63) is 29.3 Å². The van der Waals surface area contributed by atoms with Crippen LogP contribution in [0.1, 0.15) is 25.0 Å². The van der Waals surface area contributed by atoms with Crippen LogP contribution >= 0.6 is 0 Å². The van der Waals surface area contributed by atoms with Gasteiger partial charge in [-0.3, -0.25) is 4.79 Å². The molecule has 1 atom stereocenters. The molecule has 0 radical (unpaired) electrons. The molecule has 0 heterocycles. The van der Waals surface area contributed by atoms with Gasteiger partial charge in [0.2, 0.25) is 0 Å². The van der Waals surface area contributed by atoms with Gasteiger partial charge in [0.15, 0.2) is 0 Å². The number of hydrogen-bond acceptors (Lipinski definition) is 3. The monoisotopic (exact) mass is 235 g/mol. The maximum Gasteiger partial charge on any atom is 0.310 e. The van der Waals surface area contributed by atoms with E-state index in [-0.39, 0.29) is 11.9 Å². The molecule has 0 saturated carbocycles. The van der Waals surface area contributed by atoms with E-state index in [1.165, 1.54) is 11.1 Å². The Labute approximate surface area is 103 Å². The number of rotatable bonds is 5. The zero-order valence-corrected chi connectivity index (χ0v) is 11.0. The molecule has 1 unspecified atom stereocenters. The number of aryl methyl sites for hydroxylation is 2. The molecule has 0 bridgehead atoms. The summed E-state index contributed by atoms with van der Waals surface area (Å²) in [6, 6.07) is 6.27. The SMILES string of the molecule is CCOC(=O)C(C)CNc1cc(C)cc(C)c1. The fraction of sp³-hybridized carbons (Fsp3) is 0.500. The van der Waals surface area contributed by atoms with Gasteiger partial charge in [0, 0.05) is 12.2 Å². The van der Waals surface area contributed by atoms with Crippen molar-refractivity contribution < 1.29 is 9.53 Å². The maximum atomic E-state index is 11.4. The molecule has 0 aliphatic carbocycles. The highest BCUT2D eigenvalue weighted by atomic mass is 16.5. The molecular weight excluding hydrogens is 214 g/mol. The third kappa shape index (κ3) is 4.47. The van der Waals surface area contributed by atoms with Crippen LogP contribution in [-0.4, -0.2) is 19.1 Å². The molecule has 1 aromatic rings. The minimum absolute atomic E-state index is 0.129. The normalized spacial score (nSPS) is 12.0. The number of esters is 1. The molecule has 0 aliphatic heterocycles. The van der Waals surface area contributed by atoms with Crippen molar-refractivity contribution in [3.8, 4) is 0 Å².